The van der Waals surface area contributed by atoms with Crippen LogP contribution in [-0.4, -0.2) is 48.1 Å². The first-order chi connectivity index (χ1) is 8.84. The number of nitrogens with zero attached hydrogens (tertiary/aromatic N) is 1. The summed E-state index contributed by atoms with van der Waals surface area (Å²) >= 11 is 0.921. The molecule has 0 unspecified atom stereocenters. The van der Waals surface area contributed by atoms with Crippen molar-refractivity contribution < 1.29 is 23.4 Å². The Morgan fingerprint density at radius 2 is 2.00 bits per heavy atom. The second kappa shape index (κ2) is 5.20. The van der Waals surface area contributed by atoms with Gasteiger partial charge in [-0.25, -0.2) is 13.2 Å². The molecular weight excluding hydrogens is 290 g/mol. The molecule has 8 heteroatoms. The van der Waals surface area contributed by atoms with Crippen LogP contribution in [0.3, 0.4) is 0 Å². The zero-order chi connectivity index (χ0) is 14.2. The molecule has 2 N–H and O–H groups in total. The lowest BCUT2D eigenvalue weighted by Gasteiger charge is -2.28. The number of rotatable bonds is 3. The van der Waals surface area contributed by atoms with Gasteiger partial charge in [0.2, 0.25) is 10.0 Å². The Morgan fingerprint density at radius 3 is 2.53 bits per heavy atom. The number of aryl methyl sites for hydroxylation is 1. The zero-order valence-electron chi connectivity index (χ0n) is 10.4. The molecule has 0 saturated carbocycles. The van der Waals surface area contributed by atoms with E-state index in [0.29, 0.717) is 18.4 Å². The molecule has 0 bridgehead atoms. The van der Waals surface area contributed by atoms with Crippen LogP contribution in [0.5, 0.6) is 0 Å². The molecule has 1 aliphatic heterocycles. The van der Waals surface area contributed by atoms with E-state index in [2.05, 4.69) is 0 Å². The molecule has 1 aliphatic rings. The van der Waals surface area contributed by atoms with Crippen LogP contribution < -0.4 is 0 Å². The van der Waals surface area contributed by atoms with E-state index in [4.69, 9.17) is 5.11 Å². The van der Waals surface area contributed by atoms with Crippen LogP contribution in [0, 0.1) is 6.92 Å². The largest absolute Gasteiger partial charge is 0.477 e. The minimum atomic E-state index is -3.80. The SMILES string of the molecule is Cc1csc(C(=O)O)c1S(=O)(=O)N1CCC(O)CC1. The molecule has 2 rings (SSSR count). The lowest BCUT2D eigenvalue weighted by molar-refractivity contribution is 0.0697. The lowest BCUT2D eigenvalue weighted by atomic mass is 10.1. The molecule has 0 spiro atoms. The van der Waals surface area contributed by atoms with E-state index in [9.17, 15) is 18.3 Å². The number of carbonyl (C=O) groups is 1. The fraction of sp³-hybridized carbons (Fsp3) is 0.545. The van der Waals surface area contributed by atoms with Gasteiger partial charge in [-0.2, -0.15) is 4.31 Å². The van der Waals surface area contributed by atoms with E-state index in [1.165, 1.54) is 9.69 Å². The summed E-state index contributed by atoms with van der Waals surface area (Å²) in [4.78, 5) is 10.8. The van der Waals surface area contributed by atoms with Crippen molar-refractivity contribution in [2.45, 2.75) is 30.8 Å². The highest BCUT2D eigenvalue weighted by Gasteiger charge is 2.34. The Labute approximate surface area is 115 Å². The van der Waals surface area contributed by atoms with Gasteiger partial charge in [0.15, 0.2) is 0 Å². The average molecular weight is 305 g/mol. The quantitative estimate of drug-likeness (QED) is 0.865. The van der Waals surface area contributed by atoms with E-state index >= 15 is 0 Å². The van der Waals surface area contributed by atoms with Crippen LogP contribution in [0.15, 0.2) is 10.3 Å². The molecule has 1 saturated heterocycles. The Kier molecular flexibility index (Phi) is 3.95. The minimum Gasteiger partial charge on any atom is -0.477 e. The Hall–Kier alpha value is -0.960. The Morgan fingerprint density at radius 1 is 1.42 bits per heavy atom. The van der Waals surface area contributed by atoms with Crippen molar-refractivity contribution in [3.05, 3.63) is 15.8 Å². The fourth-order valence-corrected chi connectivity index (χ4v) is 5.17. The number of thiophene rings is 1. The van der Waals surface area contributed by atoms with Gasteiger partial charge >= 0.3 is 5.97 Å². The summed E-state index contributed by atoms with van der Waals surface area (Å²) in [6, 6.07) is 0. The van der Waals surface area contributed by atoms with Gasteiger partial charge in [0.25, 0.3) is 0 Å². The zero-order valence-corrected chi connectivity index (χ0v) is 12.0. The molecule has 0 radical (unpaired) electrons. The van der Waals surface area contributed by atoms with Crippen molar-refractivity contribution in [1.29, 1.82) is 0 Å². The second-order valence-corrected chi connectivity index (χ2v) is 7.27. The van der Waals surface area contributed by atoms with Crippen LogP contribution in [0.2, 0.25) is 0 Å². The maximum absolute atomic E-state index is 12.5. The van der Waals surface area contributed by atoms with Crippen LogP contribution >= 0.6 is 11.3 Å². The van der Waals surface area contributed by atoms with Gasteiger partial charge in [-0.1, -0.05) is 0 Å². The third-order valence-electron chi connectivity index (χ3n) is 3.13. The first kappa shape index (κ1) is 14.4. The van der Waals surface area contributed by atoms with Gasteiger partial charge in [-0.05, 0) is 30.7 Å². The summed E-state index contributed by atoms with van der Waals surface area (Å²) in [5.74, 6) is -1.23. The van der Waals surface area contributed by atoms with Crippen molar-refractivity contribution in [1.82, 2.24) is 4.31 Å². The van der Waals surface area contributed by atoms with Crippen molar-refractivity contribution in [3.63, 3.8) is 0 Å². The predicted molar refractivity (Wildman–Crippen MR) is 70.0 cm³/mol. The molecule has 0 atom stereocenters. The Balaban J connectivity index is 2.40. The smallest absolute Gasteiger partial charge is 0.347 e. The number of carboxylic acid groups (broad SMARTS) is 1. The minimum absolute atomic E-state index is 0.110. The van der Waals surface area contributed by atoms with Crippen LogP contribution in [0.25, 0.3) is 0 Å². The second-order valence-electron chi connectivity index (χ2n) is 4.52. The van der Waals surface area contributed by atoms with Gasteiger partial charge in [-0.3, -0.25) is 0 Å². The molecule has 2 heterocycles. The molecule has 1 aromatic rings. The maximum atomic E-state index is 12.5. The first-order valence-electron chi connectivity index (χ1n) is 5.83. The van der Waals surface area contributed by atoms with Crippen molar-refractivity contribution in [2.75, 3.05) is 13.1 Å². The van der Waals surface area contributed by atoms with E-state index in [1.807, 2.05) is 0 Å². The topological polar surface area (TPSA) is 94.9 Å². The summed E-state index contributed by atoms with van der Waals surface area (Å²) in [7, 11) is -3.80. The van der Waals surface area contributed by atoms with Crippen LogP contribution in [0.4, 0.5) is 0 Å². The highest BCUT2D eigenvalue weighted by atomic mass is 32.2. The average Bonchev–Trinajstić information content (AvgIpc) is 2.72. The molecule has 6 nitrogen and oxygen atoms in total. The molecular formula is C11H15NO5S2. The number of hydrogen-bond donors (Lipinski definition) is 2. The van der Waals surface area contributed by atoms with Crippen LogP contribution in [0.1, 0.15) is 28.1 Å². The van der Waals surface area contributed by atoms with Crippen LogP contribution in [-0.2, 0) is 10.0 Å². The lowest BCUT2D eigenvalue weighted by Crippen LogP contribution is -2.40. The van der Waals surface area contributed by atoms with E-state index in [-0.39, 0.29) is 22.9 Å². The van der Waals surface area contributed by atoms with Gasteiger partial charge in [0, 0.05) is 13.1 Å². The number of carboxylic acids is 1. The summed E-state index contributed by atoms with van der Waals surface area (Å²) in [6.45, 7) is 2.03. The standard InChI is InChI=1S/C11H15NO5S2/c1-7-6-18-9(11(14)15)10(7)19(16,17)12-4-2-8(13)3-5-12/h6,8,13H,2-5H2,1H3,(H,14,15). The maximum Gasteiger partial charge on any atom is 0.347 e. The normalized spacial score (nSPS) is 18.6. The monoisotopic (exact) mass is 305 g/mol. The summed E-state index contributed by atoms with van der Waals surface area (Å²) in [5, 5.41) is 20.0. The molecule has 19 heavy (non-hydrogen) atoms. The van der Waals surface area contributed by atoms with Crippen molar-refractivity contribution in [2.24, 2.45) is 0 Å². The van der Waals surface area contributed by atoms with E-state index in [0.717, 1.165) is 11.3 Å². The molecule has 0 aromatic carbocycles. The molecule has 106 valence electrons. The Bertz CT molecular complexity index is 584. The summed E-state index contributed by atoms with van der Waals surface area (Å²) in [5.41, 5.74) is 0.452. The number of hydrogen-bond acceptors (Lipinski definition) is 5. The predicted octanol–water partition coefficient (Wildman–Crippen LogP) is 0.900. The van der Waals surface area contributed by atoms with E-state index < -0.39 is 22.1 Å². The molecule has 0 aliphatic carbocycles. The van der Waals surface area contributed by atoms with E-state index in [1.54, 1.807) is 6.92 Å². The number of aliphatic hydroxyl groups is 1. The number of sulfonamides is 1. The fourth-order valence-electron chi connectivity index (χ4n) is 2.11. The summed E-state index contributed by atoms with van der Waals surface area (Å²) in [6.07, 6.45) is 0.282. The number of aromatic carboxylic acids is 1. The highest BCUT2D eigenvalue weighted by molar-refractivity contribution is 7.89. The number of piperidine rings is 1. The van der Waals surface area contributed by atoms with Crippen molar-refractivity contribution in [3.8, 4) is 0 Å². The highest BCUT2D eigenvalue weighted by Crippen LogP contribution is 2.30. The first-order valence-corrected chi connectivity index (χ1v) is 8.15. The molecule has 0 amide bonds. The van der Waals surface area contributed by atoms with Crippen molar-refractivity contribution >= 4 is 27.3 Å². The molecule has 1 fully saturated rings. The number of aliphatic hydroxyl groups excluding tert-OH is 1. The van der Waals surface area contributed by atoms with Gasteiger partial charge in [0.1, 0.15) is 9.77 Å². The molecule has 1 aromatic heterocycles. The van der Waals surface area contributed by atoms with Gasteiger partial charge in [0.05, 0.1) is 6.10 Å². The third kappa shape index (κ3) is 2.66. The van der Waals surface area contributed by atoms with Gasteiger partial charge in [-0.15, -0.1) is 11.3 Å². The van der Waals surface area contributed by atoms with Gasteiger partial charge < -0.3 is 10.2 Å². The third-order valence-corrected chi connectivity index (χ3v) is 6.44. The summed E-state index contributed by atoms with van der Waals surface area (Å²) < 4.78 is 26.2.